The van der Waals surface area contributed by atoms with Crippen LogP contribution in [0.5, 0.6) is 5.75 Å². The van der Waals surface area contributed by atoms with E-state index >= 15 is 0 Å². The van der Waals surface area contributed by atoms with E-state index in [1.165, 1.54) is 6.07 Å². The summed E-state index contributed by atoms with van der Waals surface area (Å²) in [6, 6.07) is 10.4. The summed E-state index contributed by atoms with van der Waals surface area (Å²) in [5.74, 6) is 0.970. The quantitative estimate of drug-likeness (QED) is 0.824. The van der Waals surface area contributed by atoms with Crippen LogP contribution in [0.3, 0.4) is 0 Å². The molecule has 2 aromatic rings. The first-order valence-corrected chi connectivity index (χ1v) is 8.14. The van der Waals surface area contributed by atoms with Gasteiger partial charge in [0.05, 0.1) is 18.2 Å². The number of halogens is 1. The van der Waals surface area contributed by atoms with Crippen LogP contribution in [-0.2, 0) is 0 Å². The van der Waals surface area contributed by atoms with Crippen LogP contribution >= 0.6 is 15.9 Å². The monoisotopic (exact) mass is 377 g/mol. The van der Waals surface area contributed by atoms with Crippen molar-refractivity contribution in [2.24, 2.45) is 0 Å². The summed E-state index contributed by atoms with van der Waals surface area (Å²) in [6.07, 6.45) is 0.609. The molecule has 5 nitrogen and oxygen atoms in total. The van der Waals surface area contributed by atoms with Gasteiger partial charge in [0.25, 0.3) is 5.91 Å². The number of nitrogens with zero attached hydrogens (tertiary/aromatic N) is 1. The van der Waals surface area contributed by atoms with Gasteiger partial charge in [0.2, 0.25) is 0 Å². The van der Waals surface area contributed by atoms with E-state index in [0.717, 1.165) is 10.9 Å². The highest BCUT2D eigenvalue weighted by Gasteiger charge is 2.29. The molecule has 0 bridgehead atoms. The topological polar surface area (TPSA) is 59.8 Å². The largest absolute Gasteiger partial charge is 0.488 e. The van der Waals surface area contributed by atoms with E-state index in [2.05, 4.69) is 15.9 Å². The first-order valence-electron chi connectivity index (χ1n) is 7.35. The lowest BCUT2D eigenvalue weighted by atomic mass is 10.2. The van der Waals surface area contributed by atoms with Crippen LogP contribution in [0.4, 0.5) is 0 Å². The Kier molecular flexibility index (Phi) is 4.52. The normalized spacial score (nSPS) is 17.3. The third-order valence-electron chi connectivity index (χ3n) is 3.71. The van der Waals surface area contributed by atoms with E-state index in [4.69, 9.17) is 9.15 Å². The van der Waals surface area contributed by atoms with E-state index in [0.29, 0.717) is 30.2 Å². The smallest absolute Gasteiger partial charge is 0.339 e. The number of likely N-dealkylation sites (tertiary alicyclic amines) is 1. The second-order valence-corrected chi connectivity index (χ2v) is 6.34. The van der Waals surface area contributed by atoms with Crippen molar-refractivity contribution >= 4 is 21.8 Å². The average Bonchev–Trinajstić information content (AvgIpc) is 2.94. The lowest BCUT2D eigenvalue weighted by Gasteiger charge is -2.18. The summed E-state index contributed by atoms with van der Waals surface area (Å²) in [6.45, 7) is 2.83. The first-order chi connectivity index (χ1) is 11.0. The Hall–Kier alpha value is -2.08. The Balaban J connectivity index is 1.68. The molecule has 1 aliphatic rings. The molecule has 1 aliphatic heterocycles. The molecule has 1 atom stereocenters. The van der Waals surface area contributed by atoms with Gasteiger partial charge < -0.3 is 14.1 Å². The molecule has 1 amide bonds. The maximum absolute atomic E-state index is 12.5. The van der Waals surface area contributed by atoms with Crippen LogP contribution in [-0.4, -0.2) is 30.0 Å². The van der Waals surface area contributed by atoms with Crippen molar-refractivity contribution in [2.75, 3.05) is 13.1 Å². The fourth-order valence-electron chi connectivity index (χ4n) is 2.65. The van der Waals surface area contributed by atoms with Crippen molar-refractivity contribution in [2.45, 2.75) is 19.4 Å². The average molecular weight is 378 g/mol. The van der Waals surface area contributed by atoms with Gasteiger partial charge in [-0.1, -0.05) is 12.1 Å². The highest BCUT2D eigenvalue weighted by Crippen LogP contribution is 2.23. The number of hydrogen-bond donors (Lipinski definition) is 0. The molecule has 1 fully saturated rings. The highest BCUT2D eigenvalue weighted by molar-refractivity contribution is 9.10. The first kappa shape index (κ1) is 15.8. The fourth-order valence-corrected chi connectivity index (χ4v) is 3.10. The van der Waals surface area contributed by atoms with Crippen molar-refractivity contribution in [3.05, 3.63) is 62.6 Å². The van der Waals surface area contributed by atoms with Crippen LogP contribution in [0.25, 0.3) is 0 Å². The van der Waals surface area contributed by atoms with Gasteiger partial charge in [-0.15, -0.1) is 0 Å². The van der Waals surface area contributed by atoms with Crippen molar-refractivity contribution in [3.8, 4) is 5.75 Å². The van der Waals surface area contributed by atoms with Crippen molar-refractivity contribution in [1.29, 1.82) is 0 Å². The minimum Gasteiger partial charge on any atom is -0.488 e. The summed E-state index contributed by atoms with van der Waals surface area (Å²) in [5.41, 5.74) is 0.212. The van der Waals surface area contributed by atoms with Gasteiger partial charge in [-0.3, -0.25) is 4.79 Å². The minimum absolute atomic E-state index is 0.0210. The highest BCUT2D eigenvalue weighted by atomic mass is 79.9. The molecule has 23 heavy (non-hydrogen) atoms. The predicted molar refractivity (Wildman–Crippen MR) is 88.8 cm³/mol. The molecule has 2 heterocycles. The van der Waals surface area contributed by atoms with Gasteiger partial charge in [0.1, 0.15) is 17.6 Å². The SMILES string of the molecule is Cc1cc(OC2CCN(C(=O)c3ccccc3Br)C2)cc(=O)o1. The molecule has 0 spiro atoms. The molecule has 0 radical (unpaired) electrons. The third kappa shape index (κ3) is 3.64. The zero-order valence-corrected chi connectivity index (χ0v) is 14.2. The zero-order valence-electron chi connectivity index (χ0n) is 12.6. The number of carbonyl (C=O) groups excluding carboxylic acids is 1. The van der Waals surface area contributed by atoms with Crippen LogP contribution < -0.4 is 10.4 Å². The predicted octanol–water partition coefficient (Wildman–Crippen LogP) is 3.00. The molecule has 6 heteroatoms. The van der Waals surface area contributed by atoms with Gasteiger partial charge in [-0.2, -0.15) is 0 Å². The molecule has 3 rings (SSSR count). The summed E-state index contributed by atoms with van der Waals surface area (Å²) >= 11 is 3.40. The number of hydrogen-bond acceptors (Lipinski definition) is 4. The third-order valence-corrected chi connectivity index (χ3v) is 4.40. The molecular formula is C17H16BrNO4. The van der Waals surface area contributed by atoms with E-state index in [1.807, 2.05) is 18.2 Å². The number of benzene rings is 1. The Morgan fingerprint density at radius 3 is 2.87 bits per heavy atom. The molecule has 120 valence electrons. The van der Waals surface area contributed by atoms with E-state index in [9.17, 15) is 9.59 Å². The Morgan fingerprint density at radius 2 is 2.13 bits per heavy atom. The fraction of sp³-hybridized carbons (Fsp3) is 0.294. The van der Waals surface area contributed by atoms with Gasteiger partial charge in [0, 0.05) is 23.5 Å². The molecular weight excluding hydrogens is 362 g/mol. The van der Waals surface area contributed by atoms with Crippen LogP contribution in [0.2, 0.25) is 0 Å². The summed E-state index contributed by atoms with van der Waals surface area (Å²) in [5, 5.41) is 0. The van der Waals surface area contributed by atoms with Crippen molar-refractivity contribution in [1.82, 2.24) is 4.90 Å². The van der Waals surface area contributed by atoms with Gasteiger partial charge in [-0.05, 0) is 35.0 Å². The van der Waals surface area contributed by atoms with Gasteiger partial charge in [0.15, 0.2) is 0 Å². The maximum atomic E-state index is 12.5. The number of carbonyl (C=O) groups is 1. The zero-order chi connectivity index (χ0) is 16.4. The Bertz CT molecular complexity index is 786. The maximum Gasteiger partial charge on any atom is 0.339 e. The second-order valence-electron chi connectivity index (χ2n) is 5.48. The lowest BCUT2D eigenvalue weighted by molar-refractivity contribution is 0.0771. The van der Waals surface area contributed by atoms with Crippen LogP contribution in [0, 0.1) is 6.92 Å². The minimum atomic E-state index is -0.431. The molecule has 0 N–H and O–H groups in total. The van der Waals surface area contributed by atoms with Crippen molar-refractivity contribution < 1.29 is 13.9 Å². The van der Waals surface area contributed by atoms with E-state index in [1.54, 1.807) is 24.0 Å². The summed E-state index contributed by atoms with van der Waals surface area (Å²) in [4.78, 5) is 25.7. The molecule has 0 saturated carbocycles. The van der Waals surface area contributed by atoms with Gasteiger partial charge in [-0.25, -0.2) is 4.79 Å². The number of ether oxygens (including phenoxy) is 1. The van der Waals surface area contributed by atoms with Crippen LogP contribution in [0.15, 0.2) is 50.1 Å². The molecule has 1 unspecified atom stereocenters. The van der Waals surface area contributed by atoms with Crippen molar-refractivity contribution in [3.63, 3.8) is 0 Å². The Labute approximate surface area is 142 Å². The lowest BCUT2D eigenvalue weighted by Crippen LogP contribution is -2.31. The number of amides is 1. The Morgan fingerprint density at radius 1 is 1.35 bits per heavy atom. The second kappa shape index (κ2) is 6.58. The van der Waals surface area contributed by atoms with Crippen LogP contribution in [0.1, 0.15) is 22.5 Å². The molecule has 1 aromatic carbocycles. The molecule has 1 saturated heterocycles. The van der Waals surface area contributed by atoms with E-state index in [-0.39, 0.29) is 12.0 Å². The summed E-state index contributed by atoms with van der Waals surface area (Å²) in [7, 11) is 0. The molecule has 1 aromatic heterocycles. The molecule has 0 aliphatic carbocycles. The standard InChI is InChI=1S/C17H16BrNO4/c1-11-8-13(9-16(20)22-11)23-12-6-7-19(10-12)17(21)14-4-2-3-5-15(14)18/h2-5,8-9,12H,6-7,10H2,1H3. The number of rotatable bonds is 3. The summed E-state index contributed by atoms with van der Waals surface area (Å²) < 4.78 is 11.5. The van der Waals surface area contributed by atoms with Gasteiger partial charge >= 0.3 is 5.63 Å². The van der Waals surface area contributed by atoms with E-state index < -0.39 is 5.63 Å². The number of aryl methyl sites for hydroxylation is 1.